The first-order valence-corrected chi connectivity index (χ1v) is 4.82. The Morgan fingerprint density at radius 3 is 3.14 bits per heavy atom. The Kier molecular flexibility index (Phi) is 2.64. The van der Waals surface area contributed by atoms with Gasteiger partial charge in [-0.05, 0) is 12.8 Å². The third-order valence-corrected chi connectivity index (χ3v) is 2.41. The molecule has 0 spiro atoms. The van der Waals surface area contributed by atoms with Crippen molar-refractivity contribution in [3.05, 3.63) is 5.82 Å². The van der Waals surface area contributed by atoms with Gasteiger partial charge in [-0.15, -0.1) is 5.10 Å². The standard InChI is InChI=1S/C8H15N5O/c9-6-2-1-3-13(4-6)8-10-7(5-14)11-12-8/h6,14H,1-5,9H2,(H,10,11,12). The first-order chi connectivity index (χ1) is 6.79. The van der Waals surface area contributed by atoms with Crippen LogP contribution in [-0.4, -0.2) is 39.4 Å². The maximum Gasteiger partial charge on any atom is 0.244 e. The summed E-state index contributed by atoms with van der Waals surface area (Å²) in [4.78, 5) is 6.19. The molecular formula is C8H15N5O. The number of aliphatic hydroxyl groups is 1. The molecule has 2 rings (SSSR count). The van der Waals surface area contributed by atoms with Gasteiger partial charge < -0.3 is 15.7 Å². The van der Waals surface area contributed by atoms with Gasteiger partial charge in [0.15, 0.2) is 5.82 Å². The highest BCUT2D eigenvalue weighted by molar-refractivity contribution is 5.29. The number of aromatic amines is 1. The van der Waals surface area contributed by atoms with Crippen LogP contribution in [0.5, 0.6) is 0 Å². The van der Waals surface area contributed by atoms with Gasteiger partial charge in [0.1, 0.15) is 6.61 Å². The molecule has 0 radical (unpaired) electrons. The van der Waals surface area contributed by atoms with Gasteiger partial charge in [-0.3, -0.25) is 5.10 Å². The van der Waals surface area contributed by atoms with Crippen molar-refractivity contribution in [2.75, 3.05) is 18.0 Å². The molecule has 2 heterocycles. The number of rotatable bonds is 2. The predicted molar refractivity (Wildman–Crippen MR) is 51.7 cm³/mol. The van der Waals surface area contributed by atoms with Gasteiger partial charge in [0.2, 0.25) is 5.95 Å². The number of anilines is 1. The van der Waals surface area contributed by atoms with Gasteiger partial charge in [-0.25, -0.2) is 0 Å². The van der Waals surface area contributed by atoms with E-state index in [0.717, 1.165) is 25.9 Å². The summed E-state index contributed by atoms with van der Waals surface area (Å²) in [5.74, 6) is 1.14. The average Bonchev–Trinajstić information content (AvgIpc) is 2.66. The van der Waals surface area contributed by atoms with Crippen molar-refractivity contribution in [1.29, 1.82) is 0 Å². The van der Waals surface area contributed by atoms with E-state index in [2.05, 4.69) is 15.2 Å². The molecule has 4 N–H and O–H groups in total. The summed E-state index contributed by atoms with van der Waals surface area (Å²) >= 11 is 0. The first kappa shape index (κ1) is 9.42. The minimum atomic E-state index is -0.104. The van der Waals surface area contributed by atoms with Crippen molar-refractivity contribution < 1.29 is 5.11 Å². The molecule has 1 fully saturated rings. The largest absolute Gasteiger partial charge is 0.388 e. The minimum Gasteiger partial charge on any atom is -0.388 e. The molecule has 14 heavy (non-hydrogen) atoms. The van der Waals surface area contributed by atoms with Crippen molar-refractivity contribution in [3.63, 3.8) is 0 Å². The third kappa shape index (κ3) is 1.85. The van der Waals surface area contributed by atoms with Crippen molar-refractivity contribution in [3.8, 4) is 0 Å². The fraction of sp³-hybridized carbons (Fsp3) is 0.750. The third-order valence-electron chi connectivity index (χ3n) is 2.41. The molecule has 6 nitrogen and oxygen atoms in total. The monoisotopic (exact) mass is 197 g/mol. The minimum absolute atomic E-state index is 0.104. The number of H-pyrrole nitrogens is 1. The Bertz CT molecular complexity index is 300. The van der Waals surface area contributed by atoms with Crippen molar-refractivity contribution in [2.45, 2.75) is 25.5 Å². The van der Waals surface area contributed by atoms with Crippen LogP contribution in [-0.2, 0) is 6.61 Å². The Hall–Kier alpha value is -1.14. The molecule has 0 saturated carbocycles. The fourth-order valence-corrected chi connectivity index (χ4v) is 1.69. The number of hydrogen-bond donors (Lipinski definition) is 3. The maximum atomic E-state index is 8.82. The highest BCUT2D eigenvalue weighted by atomic mass is 16.3. The van der Waals surface area contributed by atoms with Crippen LogP contribution in [0.1, 0.15) is 18.7 Å². The van der Waals surface area contributed by atoms with E-state index in [1.165, 1.54) is 0 Å². The normalized spacial score (nSPS) is 22.7. The zero-order valence-corrected chi connectivity index (χ0v) is 7.98. The smallest absolute Gasteiger partial charge is 0.244 e. The highest BCUT2D eigenvalue weighted by Crippen LogP contribution is 2.14. The maximum absolute atomic E-state index is 8.82. The van der Waals surface area contributed by atoms with Crippen molar-refractivity contribution in [2.24, 2.45) is 5.73 Å². The molecule has 0 amide bonds. The number of nitrogens with one attached hydrogen (secondary N) is 1. The van der Waals surface area contributed by atoms with Crippen LogP contribution in [0.3, 0.4) is 0 Å². The van der Waals surface area contributed by atoms with Crippen LogP contribution in [0.4, 0.5) is 5.95 Å². The van der Waals surface area contributed by atoms with E-state index in [9.17, 15) is 0 Å². The van der Waals surface area contributed by atoms with Gasteiger partial charge in [0.05, 0.1) is 0 Å². The summed E-state index contributed by atoms with van der Waals surface area (Å²) in [6.45, 7) is 1.63. The Morgan fingerprint density at radius 1 is 1.64 bits per heavy atom. The van der Waals surface area contributed by atoms with Crippen LogP contribution in [0.15, 0.2) is 0 Å². The molecule has 78 valence electrons. The van der Waals surface area contributed by atoms with E-state index in [1.807, 2.05) is 4.90 Å². The molecule has 1 unspecified atom stereocenters. The number of nitrogens with zero attached hydrogens (tertiary/aromatic N) is 3. The summed E-state index contributed by atoms with van der Waals surface area (Å²) in [6, 6.07) is 0.208. The summed E-state index contributed by atoms with van der Waals surface area (Å²) in [7, 11) is 0. The van der Waals surface area contributed by atoms with Gasteiger partial charge >= 0.3 is 0 Å². The van der Waals surface area contributed by atoms with Crippen molar-refractivity contribution >= 4 is 5.95 Å². The molecule has 1 aromatic heterocycles. The molecule has 0 aliphatic carbocycles. The number of hydrogen-bond acceptors (Lipinski definition) is 5. The molecular weight excluding hydrogens is 182 g/mol. The summed E-state index contributed by atoms with van der Waals surface area (Å²) in [6.07, 6.45) is 2.14. The number of nitrogens with two attached hydrogens (primary N) is 1. The molecule has 1 atom stereocenters. The first-order valence-electron chi connectivity index (χ1n) is 4.82. The van der Waals surface area contributed by atoms with E-state index in [0.29, 0.717) is 11.8 Å². The van der Waals surface area contributed by atoms with E-state index < -0.39 is 0 Å². The lowest BCUT2D eigenvalue weighted by molar-refractivity contribution is 0.272. The van der Waals surface area contributed by atoms with Gasteiger partial charge in [-0.2, -0.15) is 4.98 Å². The molecule has 1 aromatic rings. The summed E-state index contributed by atoms with van der Waals surface area (Å²) in [5.41, 5.74) is 5.84. The predicted octanol–water partition coefficient (Wildman–Crippen LogP) is -0.776. The zero-order chi connectivity index (χ0) is 9.97. The van der Waals surface area contributed by atoms with E-state index in [4.69, 9.17) is 10.8 Å². The molecule has 1 aliphatic rings. The molecule has 0 bridgehead atoms. The topological polar surface area (TPSA) is 91.1 Å². The molecule has 1 saturated heterocycles. The van der Waals surface area contributed by atoms with Gasteiger partial charge in [0.25, 0.3) is 0 Å². The Labute approximate surface area is 82.1 Å². The Morgan fingerprint density at radius 2 is 2.50 bits per heavy atom. The van der Waals surface area contributed by atoms with E-state index >= 15 is 0 Å². The van der Waals surface area contributed by atoms with Crippen LogP contribution in [0.25, 0.3) is 0 Å². The molecule has 6 heteroatoms. The quantitative estimate of drug-likeness (QED) is 0.579. The average molecular weight is 197 g/mol. The second kappa shape index (κ2) is 3.93. The highest BCUT2D eigenvalue weighted by Gasteiger charge is 2.19. The lowest BCUT2D eigenvalue weighted by Gasteiger charge is -2.29. The number of piperidine rings is 1. The second-order valence-corrected chi connectivity index (χ2v) is 3.59. The van der Waals surface area contributed by atoms with E-state index in [-0.39, 0.29) is 12.6 Å². The second-order valence-electron chi connectivity index (χ2n) is 3.59. The van der Waals surface area contributed by atoms with Crippen LogP contribution in [0, 0.1) is 0 Å². The molecule has 0 aromatic carbocycles. The number of aliphatic hydroxyl groups excluding tert-OH is 1. The number of aromatic nitrogens is 3. The lowest BCUT2D eigenvalue weighted by Crippen LogP contribution is -2.43. The van der Waals surface area contributed by atoms with Gasteiger partial charge in [0, 0.05) is 19.1 Å². The lowest BCUT2D eigenvalue weighted by atomic mass is 10.1. The van der Waals surface area contributed by atoms with E-state index in [1.54, 1.807) is 0 Å². The molecule has 1 aliphatic heterocycles. The van der Waals surface area contributed by atoms with Crippen LogP contribution >= 0.6 is 0 Å². The zero-order valence-electron chi connectivity index (χ0n) is 7.98. The van der Waals surface area contributed by atoms with Gasteiger partial charge in [-0.1, -0.05) is 0 Å². The van der Waals surface area contributed by atoms with Crippen molar-refractivity contribution in [1.82, 2.24) is 15.2 Å². The fourth-order valence-electron chi connectivity index (χ4n) is 1.69. The SMILES string of the molecule is NC1CCCN(c2n[nH]c(CO)n2)C1. The summed E-state index contributed by atoms with van der Waals surface area (Å²) < 4.78 is 0. The van der Waals surface area contributed by atoms with Crippen LogP contribution < -0.4 is 10.6 Å². The Balaban J connectivity index is 2.06. The summed E-state index contributed by atoms with van der Waals surface area (Å²) in [5, 5.41) is 15.5. The van der Waals surface area contributed by atoms with Crippen LogP contribution in [0.2, 0.25) is 0 Å².